The summed E-state index contributed by atoms with van der Waals surface area (Å²) < 4.78 is 0. The van der Waals surface area contributed by atoms with E-state index >= 15 is 0 Å². The molecule has 9 aromatic heterocycles. The van der Waals surface area contributed by atoms with Gasteiger partial charge < -0.3 is 29.9 Å². The van der Waals surface area contributed by atoms with Gasteiger partial charge in [-0.3, -0.25) is 15.0 Å². The summed E-state index contributed by atoms with van der Waals surface area (Å²) in [5, 5.41) is 2.79. The van der Waals surface area contributed by atoms with Crippen molar-refractivity contribution in [1.29, 1.82) is 0 Å². The third-order valence-corrected chi connectivity index (χ3v) is 6.36. The fraction of sp³-hybridized carbons (Fsp3) is 0. The summed E-state index contributed by atoms with van der Waals surface area (Å²) in [6.07, 6.45) is 15.6. The van der Waals surface area contributed by atoms with Crippen molar-refractivity contribution in [3.8, 4) is 0 Å². The minimum atomic E-state index is 0. The molecule has 0 spiro atoms. The summed E-state index contributed by atoms with van der Waals surface area (Å²) in [5.41, 5.74) is 7.71. The van der Waals surface area contributed by atoms with E-state index < -0.39 is 0 Å². The third-order valence-electron chi connectivity index (χ3n) is 6.36. The Morgan fingerprint density at radius 1 is 0.349 bits per heavy atom. The summed E-state index contributed by atoms with van der Waals surface area (Å²) in [7, 11) is 0. The molecule has 0 unspecified atom stereocenters. The van der Waals surface area contributed by atoms with Crippen LogP contribution in [-0.4, -0.2) is 44.9 Å². The molecule has 0 saturated heterocycles. The molecule has 0 saturated carbocycles. The quantitative estimate of drug-likeness (QED) is 0.138. The van der Waals surface area contributed by atoms with E-state index in [0.717, 1.165) is 65.8 Å². The van der Waals surface area contributed by atoms with Gasteiger partial charge in [0, 0.05) is 70.3 Å². The Labute approximate surface area is 258 Å². The zero-order valence-corrected chi connectivity index (χ0v) is 24.6. The molecule has 0 aromatic carbocycles. The first-order chi connectivity index (χ1) is 20.8. The van der Waals surface area contributed by atoms with Crippen LogP contribution in [0.3, 0.4) is 0 Å². The topological polar surface area (TPSA) is 116 Å². The zero-order chi connectivity index (χ0) is 28.1. The summed E-state index contributed by atoms with van der Waals surface area (Å²) in [6, 6.07) is 26.2. The molecule has 0 fully saturated rings. The first-order valence-electron chi connectivity index (χ1n) is 12.9. The van der Waals surface area contributed by atoms with E-state index in [1.54, 1.807) is 74.0 Å². The van der Waals surface area contributed by atoms with Gasteiger partial charge in [-0.05, 0) is 52.9 Å². The molecular weight excluding hydrogens is 715 g/mol. The molecular formula is C33H18IrN9. The van der Waals surface area contributed by atoms with Gasteiger partial charge in [-0.25, -0.2) is 0 Å². The van der Waals surface area contributed by atoms with E-state index in [9.17, 15) is 0 Å². The summed E-state index contributed by atoms with van der Waals surface area (Å²) in [6.45, 7) is 0. The molecule has 9 nitrogen and oxygen atoms in total. The predicted octanol–water partition coefficient (Wildman–Crippen LogP) is 5.93. The normalized spacial score (nSPS) is 10.6. The second-order valence-electron chi connectivity index (χ2n) is 8.94. The summed E-state index contributed by atoms with van der Waals surface area (Å²) in [5.74, 6) is 0. The van der Waals surface area contributed by atoms with Gasteiger partial charge >= 0.3 is 20.1 Å². The van der Waals surface area contributed by atoms with Crippen LogP contribution < -0.4 is 0 Å². The molecule has 9 aromatic rings. The van der Waals surface area contributed by atoms with Gasteiger partial charge in [0.1, 0.15) is 0 Å². The van der Waals surface area contributed by atoms with E-state index in [-0.39, 0.29) is 20.1 Å². The second kappa shape index (κ2) is 12.6. The van der Waals surface area contributed by atoms with Crippen LogP contribution in [0.2, 0.25) is 0 Å². The van der Waals surface area contributed by atoms with E-state index in [0.29, 0.717) is 0 Å². The number of rotatable bonds is 0. The van der Waals surface area contributed by atoms with Crippen LogP contribution in [0, 0.1) is 18.2 Å². The molecule has 0 aliphatic heterocycles. The Morgan fingerprint density at radius 3 is 1.00 bits per heavy atom. The van der Waals surface area contributed by atoms with Crippen molar-refractivity contribution in [3.05, 3.63) is 129 Å². The van der Waals surface area contributed by atoms with Crippen molar-refractivity contribution in [2.24, 2.45) is 0 Å². The van der Waals surface area contributed by atoms with Gasteiger partial charge in [-0.15, -0.1) is 36.4 Å². The Hall–Kier alpha value is -5.44. The summed E-state index contributed by atoms with van der Waals surface area (Å²) in [4.78, 5) is 38.2. The number of nitrogens with zero attached hydrogens (tertiary/aromatic N) is 9. The van der Waals surface area contributed by atoms with Crippen molar-refractivity contribution >= 4 is 65.8 Å². The van der Waals surface area contributed by atoms with Crippen molar-refractivity contribution in [3.63, 3.8) is 0 Å². The molecule has 0 aliphatic carbocycles. The van der Waals surface area contributed by atoms with Gasteiger partial charge in [0.15, 0.2) is 0 Å². The van der Waals surface area contributed by atoms with E-state index in [2.05, 4.69) is 63.1 Å². The first kappa shape index (κ1) is 27.7. The zero-order valence-electron chi connectivity index (χ0n) is 22.3. The molecule has 0 aliphatic rings. The molecule has 204 valence electrons. The standard InChI is InChI=1S/3C11H6N3.Ir/c3*1-3-8-10(12-5-1)7-14-9-4-2-6-13-11(8)9;/h3*1-2,4-7H;/q3*-1;+3. The van der Waals surface area contributed by atoms with E-state index in [4.69, 9.17) is 0 Å². The maximum absolute atomic E-state index is 4.28. The molecule has 43 heavy (non-hydrogen) atoms. The largest absolute Gasteiger partial charge is 3.00 e. The van der Waals surface area contributed by atoms with Gasteiger partial charge in [0.2, 0.25) is 0 Å². The first-order valence-corrected chi connectivity index (χ1v) is 12.9. The minimum Gasteiger partial charge on any atom is -0.351 e. The van der Waals surface area contributed by atoms with Crippen molar-refractivity contribution in [1.82, 2.24) is 44.9 Å². The van der Waals surface area contributed by atoms with Gasteiger partial charge in [-0.2, -0.15) is 0 Å². The SMILES string of the molecule is [Ir+3].[c-]1ccnc2cnc3cccnc3c12.[c-]1ccnc2cnc3cccnc3c12.[c-]1ccnc2cnc3cccnc3c12. The summed E-state index contributed by atoms with van der Waals surface area (Å²) >= 11 is 0. The number of hydrogen-bond acceptors (Lipinski definition) is 9. The predicted molar refractivity (Wildman–Crippen MR) is 161 cm³/mol. The monoisotopic (exact) mass is 733 g/mol. The second-order valence-corrected chi connectivity index (χ2v) is 8.94. The number of aromatic nitrogens is 9. The molecule has 0 atom stereocenters. The molecule has 9 heterocycles. The van der Waals surface area contributed by atoms with Crippen LogP contribution in [0.5, 0.6) is 0 Å². The number of fused-ring (bicyclic) bond motifs is 9. The van der Waals surface area contributed by atoms with Crippen LogP contribution in [0.15, 0.2) is 110 Å². The van der Waals surface area contributed by atoms with Crippen molar-refractivity contribution < 1.29 is 20.1 Å². The molecule has 10 heteroatoms. The third kappa shape index (κ3) is 5.70. The maximum Gasteiger partial charge on any atom is 3.00 e. The van der Waals surface area contributed by atoms with E-state index in [1.165, 1.54) is 0 Å². The smallest absolute Gasteiger partial charge is 0.351 e. The average Bonchev–Trinajstić information content (AvgIpc) is 3.09. The fourth-order valence-electron chi connectivity index (χ4n) is 4.47. The molecule has 0 radical (unpaired) electrons. The van der Waals surface area contributed by atoms with Crippen molar-refractivity contribution in [2.45, 2.75) is 0 Å². The van der Waals surface area contributed by atoms with Crippen LogP contribution in [0.25, 0.3) is 65.8 Å². The van der Waals surface area contributed by atoms with Gasteiger partial charge in [0.05, 0.1) is 0 Å². The molecule has 0 bridgehead atoms. The van der Waals surface area contributed by atoms with Crippen LogP contribution in [0.4, 0.5) is 0 Å². The van der Waals surface area contributed by atoms with Crippen LogP contribution in [-0.2, 0) is 20.1 Å². The maximum atomic E-state index is 4.28. The van der Waals surface area contributed by atoms with Crippen LogP contribution >= 0.6 is 0 Å². The molecule has 0 N–H and O–H groups in total. The Balaban J connectivity index is 0.000000113. The number of hydrogen-bond donors (Lipinski definition) is 0. The van der Waals surface area contributed by atoms with Gasteiger partial charge in [0.25, 0.3) is 0 Å². The van der Waals surface area contributed by atoms with Gasteiger partial charge in [-0.1, -0.05) is 34.7 Å². The van der Waals surface area contributed by atoms with E-state index in [1.807, 2.05) is 36.4 Å². The fourth-order valence-corrected chi connectivity index (χ4v) is 4.47. The van der Waals surface area contributed by atoms with Crippen LogP contribution in [0.1, 0.15) is 0 Å². The molecule has 9 rings (SSSR count). The minimum absolute atomic E-state index is 0. The Kier molecular flexibility index (Phi) is 8.12. The van der Waals surface area contributed by atoms with Crippen molar-refractivity contribution in [2.75, 3.05) is 0 Å². The molecule has 0 amide bonds. The number of pyridine rings is 9. The Morgan fingerprint density at radius 2 is 0.674 bits per heavy atom. The average molecular weight is 733 g/mol. The Bertz CT molecular complexity index is 1920.